The topological polar surface area (TPSA) is 93.0 Å². The highest BCUT2D eigenvalue weighted by molar-refractivity contribution is 5.92. The van der Waals surface area contributed by atoms with Gasteiger partial charge in [-0.25, -0.2) is 14.6 Å². The number of piperidine rings is 1. The summed E-state index contributed by atoms with van der Waals surface area (Å²) >= 11 is 0. The molecular formula is C39H52N6O4. The molecule has 10 heteroatoms. The third-order valence-electron chi connectivity index (χ3n) is 11.9. The first-order chi connectivity index (χ1) is 23.6. The van der Waals surface area contributed by atoms with Crippen LogP contribution in [0.4, 0.5) is 15.4 Å². The molecule has 3 aliphatic carbocycles. The first kappa shape index (κ1) is 33.4. The van der Waals surface area contributed by atoms with Crippen molar-refractivity contribution in [3.8, 4) is 16.9 Å². The fraction of sp³-hybridized carbons (Fsp3) is 0.590. The second kappa shape index (κ2) is 13.3. The van der Waals surface area contributed by atoms with E-state index in [9.17, 15) is 9.59 Å². The highest BCUT2D eigenvalue weighted by atomic mass is 16.6. The Labute approximate surface area is 290 Å². The van der Waals surface area contributed by atoms with E-state index in [0.29, 0.717) is 44.2 Å². The van der Waals surface area contributed by atoms with Crippen LogP contribution in [0.5, 0.6) is 5.75 Å². The first-order valence-electron chi connectivity index (χ1n) is 18.2. The smallest absolute Gasteiger partial charge is 0.410 e. The molecule has 2 bridgehead atoms. The van der Waals surface area contributed by atoms with Gasteiger partial charge < -0.3 is 19.3 Å². The van der Waals surface area contributed by atoms with E-state index in [1.54, 1.807) is 12.0 Å². The van der Waals surface area contributed by atoms with Gasteiger partial charge in [-0.05, 0) is 111 Å². The fourth-order valence-electron chi connectivity index (χ4n) is 8.64. The maximum absolute atomic E-state index is 14.6. The Balaban J connectivity index is 1.10. The molecule has 3 saturated carbocycles. The van der Waals surface area contributed by atoms with E-state index in [0.717, 1.165) is 68.5 Å². The Morgan fingerprint density at radius 2 is 1.69 bits per heavy atom. The fourth-order valence-corrected chi connectivity index (χ4v) is 8.64. The Morgan fingerprint density at radius 3 is 2.31 bits per heavy atom. The summed E-state index contributed by atoms with van der Waals surface area (Å²) < 4.78 is 13.3. The Hall–Kier alpha value is -4.08. The van der Waals surface area contributed by atoms with Gasteiger partial charge in [0.05, 0.1) is 13.3 Å². The molecule has 4 heterocycles. The summed E-state index contributed by atoms with van der Waals surface area (Å²) in [6.07, 6.45) is 13.3. The summed E-state index contributed by atoms with van der Waals surface area (Å²) in [6.45, 7) is 11.8. The van der Waals surface area contributed by atoms with E-state index in [1.165, 1.54) is 11.1 Å². The van der Waals surface area contributed by atoms with Crippen LogP contribution in [-0.4, -0.2) is 82.6 Å². The van der Waals surface area contributed by atoms with Gasteiger partial charge in [0.1, 0.15) is 17.7 Å². The van der Waals surface area contributed by atoms with Crippen LogP contribution < -0.4 is 9.64 Å². The predicted molar refractivity (Wildman–Crippen MR) is 190 cm³/mol. The quantitative estimate of drug-likeness (QED) is 0.245. The van der Waals surface area contributed by atoms with Crippen molar-refractivity contribution in [1.82, 2.24) is 24.6 Å². The number of hydrogen-bond donors (Lipinski definition) is 0. The molecule has 0 unspecified atom stereocenters. The number of likely N-dealkylation sites (tertiary alicyclic amines) is 2. The molecule has 2 aromatic heterocycles. The van der Waals surface area contributed by atoms with Gasteiger partial charge in [-0.2, -0.15) is 5.10 Å². The second-order valence-electron chi connectivity index (χ2n) is 15.6. The second-order valence-corrected chi connectivity index (χ2v) is 15.6. The van der Waals surface area contributed by atoms with E-state index in [1.807, 2.05) is 32.9 Å². The number of fused-ring (bicyclic) bond motifs is 3. The minimum atomic E-state index is -0.221. The van der Waals surface area contributed by atoms with Gasteiger partial charge in [0, 0.05) is 69.6 Å². The first-order valence-corrected chi connectivity index (χ1v) is 18.2. The number of urea groups is 1. The maximum atomic E-state index is 14.6. The van der Waals surface area contributed by atoms with E-state index < -0.39 is 0 Å². The number of nitrogens with zero attached hydrogens (tertiary/aromatic N) is 6. The number of carbonyl (C=O) groups excluding carboxylic acids is 2. The minimum absolute atomic E-state index is 0.00793. The lowest BCUT2D eigenvalue weighted by Crippen LogP contribution is -2.55. The van der Waals surface area contributed by atoms with E-state index in [-0.39, 0.29) is 35.1 Å². The number of pyridine rings is 1. The Kier molecular flexibility index (Phi) is 9.09. The van der Waals surface area contributed by atoms with Gasteiger partial charge in [0.25, 0.3) is 0 Å². The Morgan fingerprint density at radius 1 is 0.980 bits per heavy atom. The third-order valence-corrected chi connectivity index (χ3v) is 11.9. The molecule has 10 nitrogen and oxygen atoms in total. The molecule has 0 N–H and O–H groups in total. The average Bonchev–Trinajstić information content (AvgIpc) is 3.61. The molecule has 1 aromatic carbocycles. The number of rotatable bonds is 8. The molecule has 5 fully saturated rings. The summed E-state index contributed by atoms with van der Waals surface area (Å²) in [5, 5.41) is 4.56. The highest BCUT2D eigenvalue weighted by Gasteiger charge is 2.51. The summed E-state index contributed by atoms with van der Waals surface area (Å²) in [5.41, 5.74) is 4.86. The molecule has 3 amide bonds. The number of aromatic nitrogens is 3. The van der Waals surface area contributed by atoms with Crippen LogP contribution in [0.15, 0.2) is 48.9 Å². The monoisotopic (exact) mass is 668 g/mol. The average molecular weight is 669 g/mol. The lowest BCUT2D eigenvalue weighted by atomic mass is 9.51. The molecule has 5 aliphatic rings. The molecule has 262 valence electrons. The van der Waals surface area contributed by atoms with Crippen LogP contribution in [0.3, 0.4) is 0 Å². The highest BCUT2D eigenvalue weighted by Crippen LogP contribution is 2.58. The number of amides is 3. The molecule has 2 aliphatic heterocycles. The van der Waals surface area contributed by atoms with Gasteiger partial charge in [0.15, 0.2) is 0 Å². The number of anilines is 1. The van der Waals surface area contributed by atoms with Crippen molar-refractivity contribution < 1.29 is 19.1 Å². The van der Waals surface area contributed by atoms with E-state index >= 15 is 0 Å². The number of hydrogen-bond acceptors (Lipinski definition) is 6. The molecule has 0 atom stereocenters. The largest absolute Gasteiger partial charge is 0.496 e. The molecule has 2 saturated heterocycles. The summed E-state index contributed by atoms with van der Waals surface area (Å²) in [5.74, 6) is 2.16. The van der Waals surface area contributed by atoms with Crippen molar-refractivity contribution in [2.75, 3.05) is 44.7 Å². The number of aryl methyl sites for hydroxylation is 1. The zero-order valence-electron chi connectivity index (χ0n) is 29.9. The summed E-state index contributed by atoms with van der Waals surface area (Å²) in [7, 11) is 1.73. The van der Waals surface area contributed by atoms with Crippen LogP contribution >= 0.6 is 0 Å². The van der Waals surface area contributed by atoms with Gasteiger partial charge in [-0.3, -0.25) is 9.58 Å². The lowest BCUT2D eigenvalue weighted by Gasteiger charge is -2.55. The third kappa shape index (κ3) is 6.63. The summed E-state index contributed by atoms with van der Waals surface area (Å²) in [6, 6.07) is 11.0. The van der Waals surface area contributed by atoms with Crippen molar-refractivity contribution >= 4 is 17.9 Å². The van der Waals surface area contributed by atoms with Crippen molar-refractivity contribution in [3.05, 3.63) is 60.0 Å². The number of ether oxygens (including phenoxy) is 2. The van der Waals surface area contributed by atoms with Crippen molar-refractivity contribution in [2.45, 2.75) is 96.6 Å². The van der Waals surface area contributed by atoms with Crippen LogP contribution in [-0.2, 0) is 10.2 Å². The normalized spacial score (nSPS) is 24.2. The SMILES string of the molecule is COc1ccc(C23CCC(CN(C(=O)N4CCC(OC(=O)N5CC(C)C5)CC4)c4cc(-c5cnn(C(C)C)c5)ccn4)(CC2)CC3)cc1C. The van der Waals surface area contributed by atoms with Crippen molar-refractivity contribution in [3.63, 3.8) is 0 Å². The molecule has 3 aromatic rings. The zero-order chi connectivity index (χ0) is 34.3. The zero-order valence-corrected chi connectivity index (χ0v) is 29.9. The molecular weight excluding hydrogens is 616 g/mol. The van der Waals surface area contributed by atoms with Gasteiger partial charge in [0.2, 0.25) is 0 Å². The van der Waals surface area contributed by atoms with Gasteiger partial charge >= 0.3 is 12.1 Å². The number of carbonyl (C=O) groups is 2. The molecule has 49 heavy (non-hydrogen) atoms. The van der Waals surface area contributed by atoms with Crippen LogP contribution in [0.1, 0.15) is 89.3 Å². The predicted octanol–water partition coefficient (Wildman–Crippen LogP) is 7.61. The number of benzene rings is 1. The Bertz CT molecular complexity index is 1650. The minimum Gasteiger partial charge on any atom is -0.496 e. The number of methoxy groups -OCH3 is 1. The van der Waals surface area contributed by atoms with Crippen LogP contribution in [0, 0.1) is 18.3 Å². The van der Waals surface area contributed by atoms with Crippen LogP contribution in [0.25, 0.3) is 11.1 Å². The molecule has 0 radical (unpaired) electrons. The van der Waals surface area contributed by atoms with E-state index in [4.69, 9.17) is 14.5 Å². The lowest BCUT2D eigenvalue weighted by molar-refractivity contribution is 0.0116. The van der Waals surface area contributed by atoms with Gasteiger partial charge in [-0.15, -0.1) is 0 Å². The van der Waals surface area contributed by atoms with Crippen molar-refractivity contribution in [1.29, 1.82) is 0 Å². The maximum Gasteiger partial charge on any atom is 0.410 e. The van der Waals surface area contributed by atoms with Crippen LogP contribution in [0.2, 0.25) is 0 Å². The van der Waals surface area contributed by atoms with E-state index in [2.05, 4.69) is 63.3 Å². The summed E-state index contributed by atoms with van der Waals surface area (Å²) in [4.78, 5) is 37.6. The molecule has 8 rings (SSSR count). The molecule has 0 spiro atoms. The standard InChI is InChI=1S/C39H52N6O4/c1-27(2)45-25-31(22-41-45)30-8-17-40-35(21-30)44(36(46)42-18-9-33(10-19-42)49-37(47)43-23-28(3)24-43)26-38-11-14-39(15-12-38,16-13-38)32-6-7-34(48-5)29(4)20-32/h6-8,17,20-22,25,27-28,33H,9-16,18-19,23-24,26H2,1-5H3. The van der Waals surface area contributed by atoms with Crippen molar-refractivity contribution in [2.24, 2.45) is 11.3 Å². The van der Waals surface area contributed by atoms with Gasteiger partial charge in [-0.1, -0.05) is 19.1 Å².